The molecule has 7 heteroatoms. The molecule has 2 rings (SSSR count). The first-order valence-corrected chi connectivity index (χ1v) is 8.12. The molecule has 2 aromatic heterocycles. The van der Waals surface area contributed by atoms with E-state index in [-0.39, 0.29) is 0 Å². The molecule has 0 aliphatic heterocycles. The molecule has 0 unspecified atom stereocenters. The van der Waals surface area contributed by atoms with Crippen LogP contribution in [0.4, 0.5) is 0 Å². The summed E-state index contributed by atoms with van der Waals surface area (Å²) in [4.78, 5) is 8.64. The minimum absolute atomic E-state index is 0.365. The molecule has 0 aliphatic rings. The highest BCUT2D eigenvalue weighted by molar-refractivity contribution is 7.88. The molecule has 0 radical (unpaired) electrons. The van der Waals surface area contributed by atoms with Gasteiger partial charge in [0.25, 0.3) is 0 Å². The second kappa shape index (κ2) is 5.55. The molecular weight excluding hydrogens is 270 g/mol. The van der Waals surface area contributed by atoms with Gasteiger partial charge in [0.1, 0.15) is 5.01 Å². The van der Waals surface area contributed by atoms with E-state index in [0.717, 1.165) is 22.7 Å². The second-order valence-corrected chi connectivity index (χ2v) is 6.47. The van der Waals surface area contributed by atoms with Gasteiger partial charge in [0.05, 0.1) is 17.6 Å². The fourth-order valence-electron chi connectivity index (χ4n) is 1.39. The van der Waals surface area contributed by atoms with E-state index in [1.54, 1.807) is 6.20 Å². The van der Waals surface area contributed by atoms with Crippen molar-refractivity contribution in [1.29, 1.82) is 0 Å². The molecular formula is C11H13N3O2S2. The highest BCUT2D eigenvalue weighted by atomic mass is 32.2. The lowest BCUT2D eigenvalue weighted by atomic mass is 10.3. The first-order valence-electron chi connectivity index (χ1n) is 5.35. The Bertz CT molecular complexity index is 608. The second-order valence-electron chi connectivity index (χ2n) is 3.78. The van der Waals surface area contributed by atoms with Crippen LogP contribution in [0.25, 0.3) is 10.7 Å². The predicted octanol–water partition coefficient (Wildman–Crippen LogP) is 1.30. The third-order valence-electron chi connectivity index (χ3n) is 2.18. The van der Waals surface area contributed by atoms with Crippen LogP contribution in [0.15, 0.2) is 29.8 Å². The summed E-state index contributed by atoms with van der Waals surface area (Å²) in [5.41, 5.74) is 1.71. The van der Waals surface area contributed by atoms with E-state index in [4.69, 9.17) is 0 Å². The van der Waals surface area contributed by atoms with E-state index in [9.17, 15) is 8.42 Å². The lowest BCUT2D eigenvalue weighted by Crippen LogP contribution is -2.24. The Morgan fingerprint density at radius 3 is 2.89 bits per heavy atom. The number of sulfonamides is 1. The molecule has 0 saturated heterocycles. The van der Waals surface area contributed by atoms with Crippen LogP contribution < -0.4 is 4.72 Å². The van der Waals surface area contributed by atoms with Gasteiger partial charge >= 0.3 is 0 Å². The van der Waals surface area contributed by atoms with Crippen molar-refractivity contribution in [2.24, 2.45) is 0 Å². The number of rotatable bonds is 5. The van der Waals surface area contributed by atoms with E-state index < -0.39 is 10.0 Å². The first-order chi connectivity index (χ1) is 8.54. The minimum Gasteiger partial charge on any atom is -0.254 e. The average molecular weight is 283 g/mol. The van der Waals surface area contributed by atoms with Crippen LogP contribution in [-0.4, -0.2) is 31.2 Å². The van der Waals surface area contributed by atoms with Crippen molar-refractivity contribution in [3.8, 4) is 10.7 Å². The van der Waals surface area contributed by atoms with E-state index >= 15 is 0 Å². The van der Waals surface area contributed by atoms with Gasteiger partial charge in [-0.3, -0.25) is 4.98 Å². The van der Waals surface area contributed by atoms with Gasteiger partial charge in [0.2, 0.25) is 10.0 Å². The highest BCUT2D eigenvalue weighted by Gasteiger charge is 2.06. The molecule has 5 nitrogen and oxygen atoms in total. The summed E-state index contributed by atoms with van der Waals surface area (Å²) in [5.74, 6) is 0. The summed E-state index contributed by atoms with van der Waals surface area (Å²) in [7, 11) is -3.13. The molecule has 0 saturated carbocycles. The predicted molar refractivity (Wildman–Crippen MR) is 71.9 cm³/mol. The quantitative estimate of drug-likeness (QED) is 0.897. The molecule has 0 amide bonds. The van der Waals surface area contributed by atoms with E-state index in [0.29, 0.717) is 13.0 Å². The van der Waals surface area contributed by atoms with E-state index in [1.807, 2.05) is 23.6 Å². The SMILES string of the molecule is CS(=O)(=O)NCCc1csc(-c2ccccn2)n1. The van der Waals surface area contributed by atoms with Crippen molar-refractivity contribution in [3.05, 3.63) is 35.5 Å². The Hall–Kier alpha value is -1.31. The zero-order valence-electron chi connectivity index (χ0n) is 9.83. The zero-order valence-corrected chi connectivity index (χ0v) is 11.5. The summed E-state index contributed by atoms with van der Waals surface area (Å²) < 4.78 is 24.3. The minimum atomic E-state index is -3.13. The van der Waals surface area contributed by atoms with Gasteiger partial charge in [-0.2, -0.15) is 0 Å². The molecule has 2 aromatic rings. The van der Waals surface area contributed by atoms with Crippen molar-refractivity contribution in [2.45, 2.75) is 6.42 Å². The van der Waals surface area contributed by atoms with Crippen molar-refractivity contribution in [3.63, 3.8) is 0 Å². The lowest BCUT2D eigenvalue weighted by Gasteiger charge is -1.99. The normalized spacial score (nSPS) is 11.6. The number of aromatic nitrogens is 2. The lowest BCUT2D eigenvalue weighted by molar-refractivity contribution is 0.587. The van der Waals surface area contributed by atoms with Crippen LogP contribution in [-0.2, 0) is 16.4 Å². The number of nitrogens with one attached hydrogen (secondary N) is 1. The monoisotopic (exact) mass is 283 g/mol. The Balaban J connectivity index is 1.99. The van der Waals surface area contributed by atoms with Gasteiger partial charge in [-0.1, -0.05) is 6.07 Å². The average Bonchev–Trinajstić information content (AvgIpc) is 2.77. The summed E-state index contributed by atoms with van der Waals surface area (Å²) in [6.07, 6.45) is 3.45. The Kier molecular flexibility index (Phi) is 4.05. The molecule has 1 N–H and O–H groups in total. The van der Waals surface area contributed by atoms with Crippen LogP contribution in [0.2, 0.25) is 0 Å². The Morgan fingerprint density at radius 2 is 2.22 bits per heavy atom. The standard InChI is InChI=1S/C11H13N3O2S2/c1-18(15,16)13-7-5-9-8-17-11(14-9)10-4-2-3-6-12-10/h2-4,6,8,13H,5,7H2,1H3. The smallest absolute Gasteiger partial charge is 0.208 e. The molecule has 96 valence electrons. The maximum Gasteiger partial charge on any atom is 0.208 e. The van der Waals surface area contributed by atoms with Crippen LogP contribution in [0.1, 0.15) is 5.69 Å². The Labute approximate surface area is 110 Å². The number of hydrogen-bond acceptors (Lipinski definition) is 5. The van der Waals surface area contributed by atoms with E-state index in [1.165, 1.54) is 11.3 Å². The summed E-state index contributed by atoms with van der Waals surface area (Å²) in [6, 6.07) is 5.67. The van der Waals surface area contributed by atoms with Crippen LogP contribution in [0.3, 0.4) is 0 Å². The molecule has 18 heavy (non-hydrogen) atoms. The van der Waals surface area contributed by atoms with Crippen molar-refractivity contribution in [2.75, 3.05) is 12.8 Å². The molecule has 0 atom stereocenters. The van der Waals surface area contributed by atoms with Crippen molar-refractivity contribution in [1.82, 2.24) is 14.7 Å². The molecule has 0 fully saturated rings. The molecule has 0 spiro atoms. The molecule has 2 heterocycles. The van der Waals surface area contributed by atoms with Gasteiger partial charge in [0.15, 0.2) is 0 Å². The number of thiazole rings is 1. The molecule has 0 aromatic carbocycles. The maximum atomic E-state index is 10.9. The first kappa shape index (κ1) is 13.1. The topological polar surface area (TPSA) is 72.0 Å². The van der Waals surface area contributed by atoms with Gasteiger partial charge < -0.3 is 0 Å². The summed E-state index contributed by atoms with van der Waals surface area (Å²) in [6.45, 7) is 0.365. The number of hydrogen-bond donors (Lipinski definition) is 1. The maximum absolute atomic E-state index is 10.9. The van der Waals surface area contributed by atoms with Crippen molar-refractivity contribution >= 4 is 21.4 Å². The fourth-order valence-corrected chi connectivity index (χ4v) is 2.70. The molecule has 0 aliphatic carbocycles. The number of pyridine rings is 1. The third-order valence-corrected chi connectivity index (χ3v) is 3.82. The fraction of sp³-hybridized carbons (Fsp3) is 0.273. The van der Waals surface area contributed by atoms with Crippen molar-refractivity contribution < 1.29 is 8.42 Å². The number of nitrogens with zero attached hydrogens (tertiary/aromatic N) is 2. The van der Waals surface area contributed by atoms with Gasteiger partial charge in [-0.25, -0.2) is 18.1 Å². The summed E-state index contributed by atoms with van der Waals surface area (Å²) in [5, 5.41) is 2.78. The van der Waals surface area contributed by atoms with E-state index in [2.05, 4.69) is 14.7 Å². The van der Waals surface area contributed by atoms with Crippen LogP contribution in [0, 0.1) is 0 Å². The highest BCUT2D eigenvalue weighted by Crippen LogP contribution is 2.21. The summed E-state index contributed by atoms with van der Waals surface area (Å²) >= 11 is 1.51. The zero-order chi connectivity index (χ0) is 13.0. The van der Waals surface area contributed by atoms with Gasteiger partial charge in [-0.15, -0.1) is 11.3 Å². The van der Waals surface area contributed by atoms with Gasteiger partial charge in [0, 0.05) is 24.5 Å². The van der Waals surface area contributed by atoms with Gasteiger partial charge in [-0.05, 0) is 12.1 Å². The largest absolute Gasteiger partial charge is 0.254 e. The molecule has 0 bridgehead atoms. The Morgan fingerprint density at radius 1 is 1.39 bits per heavy atom. The van der Waals surface area contributed by atoms with Crippen LogP contribution in [0.5, 0.6) is 0 Å². The third kappa shape index (κ3) is 3.86. The van der Waals surface area contributed by atoms with Crippen LogP contribution >= 0.6 is 11.3 Å².